The Kier molecular flexibility index (Phi) is 4.61. The van der Waals surface area contributed by atoms with Crippen LogP contribution in [0.3, 0.4) is 0 Å². The van der Waals surface area contributed by atoms with Crippen molar-refractivity contribution >= 4 is 15.9 Å². The summed E-state index contributed by atoms with van der Waals surface area (Å²) in [5, 5.41) is 3.16. The number of halogens is 2. The van der Waals surface area contributed by atoms with Gasteiger partial charge in [-0.25, -0.2) is 4.39 Å². The van der Waals surface area contributed by atoms with Gasteiger partial charge in [0, 0.05) is 11.6 Å². The van der Waals surface area contributed by atoms with Crippen LogP contribution in [0.4, 0.5) is 4.39 Å². The molecule has 0 spiro atoms. The van der Waals surface area contributed by atoms with Gasteiger partial charge in [0.15, 0.2) is 16.2 Å². The van der Waals surface area contributed by atoms with Gasteiger partial charge in [-0.05, 0) is 47.1 Å². The standard InChI is InChI=1S/C14H15BrFNO2/c1-17-11(10-6-7-19-14(10)15)8-9-4-3-5-12(18-2)13(9)16/h3-7,11,17H,8H2,1-2H3. The fourth-order valence-corrected chi connectivity index (χ4v) is 2.53. The molecule has 1 aromatic carbocycles. The molecule has 19 heavy (non-hydrogen) atoms. The van der Waals surface area contributed by atoms with E-state index in [2.05, 4.69) is 21.2 Å². The molecule has 1 atom stereocenters. The summed E-state index contributed by atoms with van der Waals surface area (Å²) in [5.41, 5.74) is 1.57. The van der Waals surface area contributed by atoms with Crippen molar-refractivity contribution in [2.24, 2.45) is 0 Å². The second-order valence-electron chi connectivity index (χ2n) is 4.13. The summed E-state index contributed by atoms with van der Waals surface area (Å²) in [6.07, 6.45) is 2.11. The van der Waals surface area contributed by atoms with Gasteiger partial charge in [-0.3, -0.25) is 0 Å². The van der Waals surface area contributed by atoms with Gasteiger partial charge in [0.2, 0.25) is 0 Å². The first-order valence-corrected chi connectivity index (χ1v) is 6.68. The van der Waals surface area contributed by atoms with Crippen LogP contribution in [0, 0.1) is 5.82 Å². The number of likely N-dealkylation sites (N-methyl/N-ethyl adjacent to an activating group) is 1. The molecular formula is C14H15BrFNO2. The third-order valence-electron chi connectivity index (χ3n) is 3.06. The summed E-state index contributed by atoms with van der Waals surface area (Å²) >= 11 is 3.34. The summed E-state index contributed by atoms with van der Waals surface area (Å²) < 4.78 is 25.0. The van der Waals surface area contributed by atoms with Crippen LogP contribution in [0.1, 0.15) is 17.2 Å². The van der Waals surface area contributed by atoms with Crippen LogP contribution < -0.4 is 10.1 Å². The maximum Gasteiger partial charge on any atom is 0.173 e. The molecule has 2 aromatic rings. The van der Waals surface area contributed by atoms with E-state index in [-0.39, 0.29) is 17.6 Å². The second kappa shape index (κ2) is 6.21. The van der Waals surface area contributed by atoms with E-state index in [1.165, 1.54) is 7.11 Å². The first-order chi connectivity index (χ1) is 9.17. The number of nitrogens with one attached hydrogen (secondary N) is 1. The summed E-state index contributed by atoms with van der Waals surface area (Å²) in [7, 11) is 3.30. The van der Waals surface area contributed by atoms with E-state index in [0.29, 0.717) is 16.7 Å². The molecular weight excluding hydrogens is 313 g/mol. The number of hydrogen-bond donors (Lipinski definition) is 1. The summed E-state index contributed by atoms with van der Waals surface area (Å²) in [5.74, 6) is -0.0523. The Hall–Kier alpha value is -1.33. The summed E-state index contributed by atoms with van der Waals surface area (Å²) in [6.45, 7) is 0. The molecule has 102 valence electrons. The quantitative estimate of drug-likeness (QED) is 0.909. The Morgan fingerprint density at radius 1 is 1.42 bits per heavy atom. The first-order valence-electron chi connectivity index (χ1n) is 5.89. The zero-order valence-corrected chi connectivity index (χ0v) is 12.3. The predicted molar refractivity (Wildman–Crippen MR) is 74.9 cm³/mol. The minimum Gasteiger partial charge on any atom is -0.494 e. The molecule has 3 nitrogen and oxygen atoms in total. The van der Waals surface area contributed by atoms with Crippen molar-refractivity contribution < 1.29 is 13.5 Å². The van der Waals surface area contributed by atoms with Crippen molar-refractivity contribution in [3.63, 3.8) is 0 Å². The van der Waals surface area contributed by atoms with Gasteiger partial charge in [0.1, 0.15) is 0 Å². The SMILES string of the molecule is CNC(Cc1cccc(OC)c1F)c1ccoc1Br. The maximum absolute atomic E-state index is 14.1. The molecule has 2 rings (SSSR count). The molecule has 0 aliphatic heterocycles. The van der Waals surface area contributed by atoms with Gasteiger partial charge in [0.05, 0.1) is 13.4 Å². The normalized spacial score (nSPS) is 12.4. The monoisotopic (exact) mass is 327 g/mol. The van der Waals surface area contributed by atoms with E-state index in [1.54, 1.807) is 24.5 Å². The van der Waals surface area contributed by atoms with Crippen molar-refractivity contribution in [2.75, 3.05) is 14.2 Å². The van der Waals surface area contributed by atoms with E-state index in [9.17, 15) is 4.39 Å². The largest absolute Gasteiger partial charge is 0.494 e. The first kappa shape index (κ1) is 14.1. The second-order valence-corrected chi connectivity index (χ2v) is 4.85. The Bertz CT molecular complexity index is 556. The molecule has 0 radical (unpaired) electrons. The molecule has 1 unspecified atom stereocenters. The minimum atomic E-state index is -0.315. The van der Waals surface area contributed by atoms with Crippen molar-refractivity contribution in [3.05, 3.63) is 52.1 Å². The fourth-order valence-electron chi connectivity index (χ4n) is 2.01. The zero-order valence-electron chi connectivity index (χ0n) is 10.7. The van der Waals surface area contributed by atoms with Crippen molar-refractivity contribution in [3.8, 4) is 5.75 Å². The van der Waals surface area contributed by atoms with Crippen molar-refractivity contribution in [1.29, 1.82) is 0 Å². The molecule has 1 aromatic heterocycles. The molecule has 0 aliphatic rings. The highest BCUT2D eigenvalue weighted by Crippen LogP contribution is 2.29. The molecule has 0 bridgehead atoms. The number of furan rings is 1. The molecule has 0 saturated carbocycles. The van der Waals surface area contributed by atoms with Crippen LogP contribution >= 0.6 is 15.9 Å². The van der Waals surface area contributed by atoms with E-state index in [1.807, 2.05) is 13.1 Å². The lowest BCUT2D eigenvalue weighted by atomic mass is 10.0. The Morgan fingerprint density at radius 3 is 2.79 bits per heavy atom. The smallest absolute Gasteiger partial charge is 0.173 e. The van der Waals surface area contributed by atoms with E-state index < -0.39 is 0 Å². The number of ether oxygens (including phenoxy) is 1. The van der Waals surface area contributed by atoms with E-state index in [4.69, 9.17) is 9.15 Å². The summed E-state index contributed by atoms with van der Waals surface area (Å²) in [4.78, 5) is 0. The topological polar surface area (TPSA) is 34.4 Å². The third kappa shape index (κ3) is 2.98. The minimum absolute atomic E-state index is 0.0327. The molecule has 1 heterocycles. The molecule has 1 N–H and O–H groups in total. The van der Waals surface area contributed by atoms with Gasteiger partial charge in [-0.2, -0.15) is 0 Å². The highest BCUT2D eigenvalue weighted by Gasteiger charge is 2.18. The van der Waals surface area contributed by atoms with Crippen molar-refractivity contribution in [2.45, 2.75) is 12.5 Å². The van der Waals surface area contributed by atoms with Gasteiger partial charge in [-0.1, -0.05) is 12.1 Å². The van der Waals surface area contributed by atoms with Crippen LogP contribution in [0.15, 0.2) is 39.6 Å². The fraction of sp³-hybridized carbons (Fsp3) is 0.286. The van der Waals surface area contributed by atoms with E-state index >= 15 is 0 Å². The Morgan fingerprint density at radius 2 is 2.21 bits per heavy atom. The zero-order chi connectivity index (χ0) is 13.8. The van der Waals surface area contributed by atoms with Crippen LogP contribution in [-0.4, -0.2) is 14.2 Å². The van der Waals surface area contributed by atoms with Gasteiger partial charge >= 0.3 is 0 Å². The number of rotatable bonds is 5. The molecule has 0 amide bonds. The van der Waals surface area contributed by atoms with Crippen LogP contribution in [0.5, 0.6) is 5.75 Å². The van der Waals surface area contributed by atoms with Crippen molar-refractivity contribution in [1.82, 2.24) is 5.32 Å². The van der Waals surface area contributed by atoms with Crippen LogP contribution in [0.25, 0.3) is 0 Å². The lowest BCUT2D eigenvalue weighted by Gasteiger charge is -2.16. The van der Waals surface area contributed by atoms with Gasteiger partial charge < -0.3 is 14.5 Å². The molecule has 0 fully saturated rings. The van der Waals surface area contributed by atoms with Gasteiger partial charge in [-0.15, -0.1) is 0 Å². The Balaban J connectivity index is 2.27. The third-order valence-corrected chi connectivity index (χ3v) is 3.70. The molecule has 0 aliphatic carbocycles. The number of methoxy groups -OCH3 is 1. The van der Waals surface area contributed by atoms with Crippen LogP contribution in [0.2, 0.25) is 0 Å². The average molecular weight is 328 g/mol. The highest BCUT2D eigenvalue weighted by molar-refractivity contribution is 9.10. The Labute approximate surface area is 119 Å². The predicted octanol–water partition coefficient (Wildman–Crippen LogP) is 3.69. The van der Waals surface area contributed by atoms with Gasteiger partial charge in [0.25, 0.3) is 0 Å². The van der Waals surface area contributed by atoms with Crippen LogP contribution in [-0.2, 0) is 6.42 Å². The molecule has 5 heteroatoms. The highest BCUT2D eigenvalue weighted by atomic mass is 79.9. The maximum atomic E-state index is 14.1. The number of hydrogen-bond acceptors (Lipinski definition) is 3. The average Bonchev–Trinajstić information content (AvgIpc) is 2.84. The lowest BCUT2D eigenvalue weighted by molar-refractivity contribution is 0.382. The lowest BCUT2D eigenvalue weighted by Crippen LogP contribution is -2.19. The van der Waals surface area contributed by atoms with E-state index in [0.717, 1.165) is 5.56 Å². The molecule has 0 saturated heterocycles. The number of benzene rings is 1. The summed E-state index contributed by atoms with van der Waals surface area (Å²) in [6, 6.07) is 6.99.